The zero-order chi connectivity index (χ0) is 5.11. The van der Waals surface area contributed by atoms with E-state index in [1.54, 1.807) is 0 Å². The molecule has 0 aliphatic carbocycles. The van der Waals surface area contributed by atoms with E-state index in [0.29, 0.717) is 6.04 Å². The van der Waals surface area contributed by atoms with Crippen LogP contribution in [0.3, 0.4) is 0 Å². The van der Waals surface area contributed by atoms with Gasteiger partial charge in [-0.25, -0.2) is 0 Å². The summed E-state index contributed by atoms with van der Waals surface area (Å²) in [6, 6.07) is 0.292. The summed E-state index contributed by atoms with van der Waals surface area (Å²) in [4.78, 5) is 0. The Bertz CT molecular complexity index is 72.1. The van der Waals surface area contributed by atoms with Gasteiger partial charge in [-0.15, -0.1) is 0 Å². The van der Waals surface area contributed by atoms with Crippen LogP contribution in [0.15, 0.2) is 12.3 Å². The molecule has 0 radical (unpaired) electrons. The van der Waals surface area contributed by atoms with E-state index < -0.39 is 0 Å². The molecule has 1 aliphatic heterocycles. The lowest BCUT2D eigenvalue weighted by Gasteiger charge is -2.03. The molecule has 0 spiro atoms. The first-order chi connectivity index (χ1) is 3.43. The molecule has 2 N–H and O–H groups in total. The smallest absolute Gasteiger partial charge is 0.0635 e. The van der Waals surface area contributed by atoms with Crippen LogP contribution in [0.1, 0.15) is 6.42 Å². The minimum atomic E-state index is 0.243. The predicted molar refractivity (Wildman–Crippen MR) is 27.8 cm³/mol. The standard InChI is InChI=1S/C5H9NO/c7-4-5-2-1-3-6-5/h1,3,5-7H,2,4H2/t5-/m0/s1. The van der Waals surface area contributed by atoms with Crippen molar-refractivity contribution in [2.45, 2.75) is 12.5 Å². The second kappa shape index (κ2) is 1.98. The summed E-state index contributed by atoms with van der Waals surface area (Å²) in [6.45, 7) is 0.243. The molecule has 0 aromatic rings. The number of hydrogen-bond donors (Lipinski definition) is 2. The molecule has 2 nitrogen and oxygen atoms in total. The van der Waals surface area contributed by atoms with Crippen LogP contribution in [0, 0.1) is 0 Å². The van der Waals surface area contributed by atoms with Crippen LogP contribution < -0.4 is 5.32 Å². The first-order valence-corrected chi connectivity index (χ1v) is 2.45. The van der Waals surface area contributed by atoms with Crippen LogP contribution in [0.5, 0.6) is 0 Å². The van der Waals surface area contributed by atoms with Crippen LogP contribution >= 0.6 is 0 Å². The molecule has 0 saturated carbocycles. The number of hydrogen-bond acceptors (Lipinski definition) is 2. The van der Waals surface area contributed by atoms with Crippen LogP contribution in [0.4, 0.5) is 0 Å². The third-order valence-electron chi connectivity index (χ3n) is 1.09. The van der Waals surface area contributed by atoms with Crippen molar-refractivity contribution in [3.8, 4) is 0 Å². The summed E-state index contributed by atoms with van der Waals surface area (Å²) in [5.74, 6) is 0. The molecule has 1 atom stereocenters. The van der Waals surface area contributed by atoms with Crippen molar-refractivity contribution >= 4 is 0 Å². The van der Waals surface area contributed by atoms with Crippen molar-refractivity contribution in [3.05, 3.63) is 12.3 Å². The van der Waals surface area contributed by atoms with Gasteiger partial charge in [0.15, 0.2) is 0 Å². The Hall–Kier alpha value is -0.500. The molecule has 7 heavy (non-hydrogen) atoms. The number of nitrogens with one attached hydrogen (secondary N) is 1. The van der Waals surface area contributed by atoms with Gasteiger partial charge in [0.05, 0.1) is 12.6 Å². The van der Waals surface area contributed by atoms with E-state index in [1.165, 1.54) is 0 Å². The molecule has 0 fully saturated rings. The topological polar surface area (TPSA) is 32.3 Å². The quantitative estimate of drug-likeness (QED) is 0.479. The van der Waals surface area contributed by atoms with Crippen molar-refractivity contribution in [2.24, 2.45) is 0 Å². The fourth-order valence-electron chi connectivity index (χ4n) is 0.632. The average molecular weight is 99.1 g/mol. The molecule has 0 aromatic carbocycles. The Kier molecular flexibility index (Phi) is 1.32. The SMILES string of the molecule is OC[C@@H]1CC=CN1. The molecule has 1 heterocycles. The lowest BCUT2D eigenvalue weighted by Crippen LogP contribution is -2.22. The Morgan fingerprint density at radius 2 is 2.71 bits per heavy atom. The lowest BCUT2D eigenvalue weighted by molar-refractivity contribution is 0.258. The van der Waals surface area contributed by atoms with Gasteiger partial charge in [0.2, 0.25) is 0 Å². The summed E-state index contributed by atoms with van der Waals surface area (Å²) in [6.07, 6.45) is 4.86. The molecule has 1 rings (SSSR count). The predicted octanol–water partition coefficient (Wildman–Crippen LogP) is -0.146. The maximum atomic E-state index is 8.46. The number of aliphatic hydroxyl groups is 1. The highest BCUT2D eigenvalue weighted by Gasteiger charge is 2.04. The van der Waals surface area contributed by atoms with Gasteiger partial charge < -0.3 is 10.4 Å². The molecular weight excluding hydrogens is 90.1 g/mol. The molecule has 0 bridgehead atoms. The third-order valence-corrected chi connectivity index (χ3v) is 1.09. The van der Waals surface area contributed by atoms with E-state index in [2.05, 4.69) is 5.32 Å². The van der Waals surface area contributed by atoms with Crippen molar-refractivity contribution in [1.82, 2.24) is 5.32 Å². The number of rotatable bonds is 1. The Morgan fingerprint density at radius 1 is 1.86 bits per heavy atom. The van der Waals surface area contributed by atoms with Gasteiger partial charge >= 0.3 is 0 Å². The highest BCUT2D eigenvalue weighted by Crippen LogP contribution is 1.97. The molecule has 1 aliphatic rings. The molecule has 2 heteroatoms. The van der Waals surface area contributed by atoms with Gasteiger partial charge in [-0.05, 0) is 12.6 Å². The van der Waals surface area contributed by atoms with Gasteiger partial charge in [0.25, 0.3) is 0 Å². The van der Waals surface area contributed by atoms with E-state index in [4.69, 9.17) is 5.11 Å². The third kappa shape index (κ3) is 0.933. The monoisotopic (exact) mass is 99.1 g/mol. The van der Waals surface area contributed by atoms with E-state index in [-0.39, 0.29) is 6.61 Å². The molecule has 40 valence electrons. The van der Waals surface area contributed by atoms with Crippen LogP contribution in [0.25, 0.3) is 0 Å². The van der Waals surface area contributed by atoms with Gasteiger partial charge in [-0.1, -0.05) is 6.08 Å². The summed E-state index contributed by atoms with van der Waals surface area (Å²) in [5, 5.41) is 11.4. The first-order valence-electron chi connectivity index (χ1n) is 2.45. The lowest BCUT2D eigenvalue weighted by atomic mass is 10.3. The van der Waals surface area contributed by atoms with Crippen LogP contribution in [0.2, 0.25) is 0 Å². The zero-order valence-corrected chi connectivity index (χ0v) is 4.09. The van der Waals surface area contributed by atoms with E-state index in [1.807, 2.05) is 12.3 Å². The molecule has 0 unspecified atom stereocenters. The van der Waals surface area contributed by atoms with Crippen molar-refractivity contribution < 1.29 is 5.11 Å². The van der Waals surface area contributed by atoms with Crippen molar-refractivity contribution in [1.29, 1.82) is 0 Å². The minimum absolute atomic E-state index is 0.243. The molecule has 0 amide bonds. The zero-order valence-electron chi connectivity index (χ0n) is 4.09. The van der Waals surface area contributed by atoms with Crippen molar-refractivity contribution in [2.75, 3.05) is 6.61 Å². The Labute approximate surface area is 42.8 Å². The van der Waals surface area contributed by atoms with Gasteiger partial charge in [0, 0.05) is 0 Å². The van der Waals surface area contributed by atoms with Gasteiger partial charge in [0.1, 0.15) is 0 Å². The summed E-state index contributed by atoms with van der Waals surface area (Å²) in [5.41, 5.74) is 0. The highest BCUT2D eigenvalue weighted by molar-refractivity contribution is 4.94. The summed E-state index contributed by atoms with van der Waals surface area (Å²) < 4.78 is 0. The Morgan fingerprint density at radius 3 is 3.00 bits per heavy atom. The first kappa shape index (κ1) is 4.65. The molecule has 0 aromatic heterocycles. The second-order valence-electron chi connectivity index (χ2n) is 1.68. The largest absolute Gasteiger partial charge is 0.394 e. The number of aliphatic hydroxyl groups excluding tert-OH is 1. The van der Waals surface area contributed by atoms with Crippen LogP contribution in [-0.4, -0.2) is 17.8 Å². The van der Waals surface area contributed by atoms with E-state index in [0.717, 1.165) is 6.42 Å². The average Bonchev–Trinajstić information content (AvgIpc) is 2.14. The van der Waals surface area contributed by atoms with Crippen molar-refractivity contribution in [3.63, 3.8) is 0 Å². The molecular formula is C5H9NO. The Balaban J connectivity index is 2.22. The second-order valence-corrected chi connectivity index (χ2v) is 1.68. The summed E-state index contributed by atoms with van der Waals surface area (Å²) in [7, 11) is 0. The normalized spacial score (nSPS) is 27.9. The van der Waals surface area contributed by atoms with E-state index >= 15 is 0 Å². The van der Waals surface area contributed by atoms with Gasteiger partial charge in [-0.3, -0.25) is 0 Å². The summed E-state index contributed by atoms with van der Waals surface area (Å²) >= 11 is 0. The maximum absolute atomic E-state index is 8.46. The van der Waals surface area contributed by atoms with E-state index in [9.17, 15) is 0 Å². The van der Waals surface area contributed by atoms with Crippen LogP contribution in [-0.2, 0) is 0 Å². The van der Waals surface area contributed by atoms with Gasteiger partial charge in [-0.2, -0.15) is 0 Å². The fraction of sp³-hybridized carbons (Fsp3) is 0.600. The minimum Gasteiger partial charge on any atom is -0.394 e. The fourth-order valence-corrected chi connectivity index (χ4v) is 0.632. The highest BCUT2D eigenvalue weighted by atomic mass is 16.3. The maximum Gasteiger partial charge on any atom is 0.0635 e. The molecule has 0 saturated heterocycles.